The average molecular weight is 404 g/mol. The van der Waals surface area contributed by atoms with Crippen LogP contribution < -0.4 is 14.8 Å². The highest BCUT2D eigenvalue weighted by atomic mass is 32.1. The van der Waals surface area contributed by atoms with Crippen molar-refractivity contribution in [2.24, 2.45) is 0 Å². The molecule has 3 aromatic carbocycles. The predicted octanol–water partition coefficient (Wildman–Crippen LogP) is 4.45. The molecule has 4 aromatic rings. The highest BCUT2D eigenvalue weighted by molar-refractivity contribution is 7.21. The number of carbonyl (C=O) groups excluding carboxylic acids is 1. The number of thiazole rings is 1. The van der Waals surface area contributed by atoms with Crippen LogP contribution in [0.25, 0.3) is 20.8 Å². The van der Waals surface area contributed by atoms with E-state index in [0.29, 0.717) is 22.7 Å². The second kappa shape index (κ2) is 7.10. The third-order valence-corrected chi connectivity index (χ3v) is 5.66. The van der Waals surface area contributed by atoms with Crippen LogP contribution in [-0.2, 0) is 4.79 Å². The lowest BCUT2D eigenvalue weighted by Crippen LogP contribution is -2.40. The first-order valence-corrected chi connectivity index (χ1v) is 9.87. The first-order chi connectivity index (χ1) is 14.2. The van der Waals surface area contributed by atoms with Crippen LogP contribution in [0.15, 0.2) is 66.7 Å². The van der Waals surface area contributed by atoms with Gasteiger partial charge >= 0.3 is 0 Å². The molecule has 0 spiro atoms. The Balaban J connectivity index is 1.33. The van der Waals surface area contributed by atoms with E-state index in [0.717, 1.165) is 15.2 Å². The highest BCUT2D eigenvalue weighted by Crippen LogP contribution is 2.37. The summed E-state index contributed by atoms with van der Waals surface area (Å²) in [6, 6.07) is 20.0. The minimum absolute atomic E-state index is 0.0491. The van der Waals surface area contributed by atoms with Crippen LogP contribution in [0, 0.1) is 0 Å². The number of hydrogen-bond donors (Lipinski definition) is 2. The number of aromatic hydroxyl groups is 1. The Hall–Kier alpha value is -3.58. The van der Waals surface area contributed by atoms with Gasteiger partial charge in [-0.3, -0.25) is 4.79 Å². The van der Waals surface area contributed by atoms with E-state index in [4.69, 9.17) is 9.47 Å². The van der Waals surface area contributed by atoms with Crippen molar-refractivity contribution in [3.05, 3.63) is 66.7 Å². The molecule has 2 heterocycles. The van der Waals surface area contributed by atoms with Gasteiger partial charge < -0.3 is 19.9 Å². The monoisotopic (exact) mass is 404 g/mol. The van der Waals surface area contributed by atoms with E-state index in [1.807, 2.05) is 36.4 Å². The van der Waals surface area contributed by atoms with Gasteiger partial charge in [-0.05, 0) is 36.4 Å². The number of amides is 1. The van der Waals surface area contributed by atoms with Gasteiger partial charge in [0.1, 0.15) is 17.4 Å². The number of benzene rings is 3. The van der Waals surface area contributed by atoms with Crippen LogP contribution in [0.3, 0.4) is 0 Å². The molecule has 0 fully saturated rings. The third-order valence-electron chi connectivity index (χ3n) is 4.59. The van der Waals surface area contributed by atoms with Crippen molar-refractivity contribution >= 4 is 33.1 Å². The molecule has 0 saturated carbocycles. The number of nitrogens with one attached hydrogen (secondary N) is 1. The number of rotatable bonds is 3. The van der Waals surface area contributed by atoms with Gasteiger partial charge in [-0.2, -0.15) is 0 Å². The van der Waals surface area contributed by atoms with Crippen LogP contribution in [0.4, 0.5) is 5.69 Å². The molecule has 1 atom stereocenters. The summed E-state index contributed by atoms with van der Waals surface area (Å²) in [7, 11) is 0. The maximum atomic E-state index is 12.6. The van der Waals surface area contributed by atoms with Gasteiger partial charge in [0, 0.05) is 11.8 Å². The van der Waals surface area contributed by atoms with Crippen molar-refractivity contribution in [1.29, 1.82) is 0 Å². The van der Waals surface area contributed by atoms with Crippen LogP contribution >= 0.6 is 11.3 Å². The smallest absolute Gasteiger partial charge is 0.269 e. The number of anilines is 1. The number of carbonyl (C=O) groups is 1. The number of nitrogens with zero attached hydrogens (tertiary/aromatic N) is 1. The summed E-state index contributed by atoms with van der Waals surface area (Å²) in [5.74, 6) is 0.863. The lowest BCUT2D eigenvalue weighted by atomic mass is 10.2. The predicted molar refractivity (Wildman–Crippen MR) is 112 cm³/mol. The van der Waals surface area contributed by atoms with Crippen LogP contribution in [0.2, 0.25) is 0 Å². The van der Waals surface area contributed by atoms with Gasteiger partial charge in [-0.1, -0.05) is 24.3 Å². The molecule has 1 unspecified atom stereocenters. The molecule has 29 heavy (non-hydrogen) atoms. The van der Waals surface area contributed by atoms with Crippen molar-refractivity contribution in [2.45, 2.75) is 6.10 Å². The largest absolute Gasteiger partial charge is 0.507 e. The molecule has 5 rings (SSSR count). The van der Waals surface area contributed by atoms with Gasteiger partial charge in [0.25, 0.3) is 5.91 Å². The van der Waals surface area contributed by atoms with Gasteiger partial charge in [0.15, 0.2) is 11.5 Å². The molecule has 1 aliphatic rings. The molecular weight excluding hydrogens is 388 g/mol. The van der Waals surface area contributed by atoms with Crippen molar-refractivity contribution < 1.29 is 19.4 Å². The summed E-state index contributed by atoms with van der Waals surface area (Å²) in [5.41, 5.74) is 1.98. The Bertz CT molecular complexity index is 1190. The number of phenolic OH excluding ortho intramolecular Hbond substituents is 1. The Morgan fingerprint density at radius 3 is 2.69 bits per heavy atom. The average Bonchev–Trinajstić information content (AvgIpc) is 3.17. The Morgan fingerprint density at radius 2 is 1.86 bits per heavy atom. The summed E-state index contributed by atoms with van der Waals surface area (Å²) in [5, 5.41) is 14.0. The molecule has 6 nitrogen and oxygen atoms in total. The van der Waals surface area contributed by atoms with E-state index in [2.05, 4.69) is 10.3 Å². The van der Waals surface area contributed by atoms with E-state index in [1.165, 1.54) is 17.4 Å². The zero-order valence-electron chi connectivity index (χ0n) is 15.2. The maximum Gasteiger partial charge on any atom is 0.269 e. The van der Waals surface area contributed by atoms with E-state index in [1.54, 1.807) is 24.3 Å². The number of ether oxygens (including phenoxy) is 2. The summed E-state index contributed by atoms with van der Waals surface area (Å²) < 4.78 is 12.3. The number of phenols is 1. The number of fused-ring (bicyclic) bond motifs is 2. The van der Waals surface area contributed by atoms with E-state index < -0.39 is 6.10 Å². The molecule has 2 N–H and O–H groups in total. The van der Waals surface area contributed by atoms with Crippen molar-refractivity contribution in [2.75, 3.05) is 11.9 Å². The first-order valence-electron chi connectivity index (χ1n) is 9.06. The lowest BCUT2D eigenvalue weighted by molar-refractivity contribution is -0.125. The second-order valence-corrected chi connectivity index (χ2v) is 7.60. The number of hydrogen-bond acceptors (Lipinski definition) is 6. The summed E-state index contributed by atoms with van der Waals surface area (Å²) in [6.45, 7) is 0.124. The van der Waals surface area contributed by atoms with E-state index >= 15 is 0 Å². The molecule has 144 valence electrons. The Morgan fingerprint density at radius 1 is 1.07 bits per heavy atom. The summed E-state index contributed by atoms with van der Waals surface area (Å²) in [6.07, 6.45) is -0.768. The van der Waals surface area contributed by atoms with Crippen molar-refractivity contribution in [3.63, 3.8) is 0 Å². The second-order valence-electron chi connectivity index (χ2n) is 6.57. The van der Waals surface area contributed by atoms with Gasteiger partial charge in [0.05, 0.1) is 15.8 Å². The minimum atomic E-state index is -0.768. The summed E-state index contributed by atoms with van der Waals surface area (Å²) in [4.78, 5) is 17.1. The quantitative estimate of drug-likeness (QED) is 0.527. The first kappa shape index (κ1) is 17.5. The van der Waals surface area contributed by atoms with Gasteiger partial charge in [-0.15, -0.1) is 11.3 Å². The van der Waals surface area contributed by atoms with Crippen LogP contribution in [-0.4, -0.2) is 28.7 Å². The molecule has 1 amide bonds. The Labute approximate surface area is 170 Å². The van der Waals surface area contributed by atoms with Crippen molar-refractivity contribution in [3.8, 4) is 27.8 Å². The highest BCUT2D eigenvalue weighted by Gasteiger charge is 2.27. The van der Waals surface area contributed by atoms with Gasteiger partial charge in [-0.25, -0.2) is 4.98 Å². The normalized spacial score (nSPS) is 15.2. The molecular formula is C22H16N2O4S. The molecule has 1 aromatic heterocycles. The van der Waals surface area contributed by atoms with Gasteiger partial charge in [0.2, 0.25) is 6.10 Å². The molecule has 0 aliphatic carbocycles. The number of para-hydroxylation sites is 3. The maximum absolute atomic E-state index is 12.6. The molecule has 1 aliphatic heterocycles. The molecule has 0 radical (unpaired) electrons. The number of aromatic nitrogens is 1. The SMILES string of the molecule is O=C(Nc1ccc(-c2nc3ccccc3s2)c(O)c1)C1COc2ccccc2O1. The topological polar surface area (TPSA) is 80.7 Å². The van der Waals surface area contributed by atoms with E-state index in [9.17, 15) is 9.90 Å². The Kier molecular flexibility index (Phi) is 4.29. The molecule has 7 heteroatoms. The van der Waals surface area contributed by atoms with Crippen LogP contribution in [0.5, 0.6) is 17.2 Å². The minimum Gasteiger partial charge on any atom is -0.507 e. The van der Waals surface area contributed by atoms with E-state index in [-0.39, 0.29) is 18.3 Å². The fraction of sp³-hybridized carbons (Fsp3) is 0.0909. The third kappa shape index (κ3) is 3.36. The molecule has 0 bridgehead atoms. The van der Waals surface area contributed by atoms with Crippen molar-refractivity contribution in [1.82, 2.24) is 4.98 Å². The lowest BCUT2D eigenvalue weighted by Gasteiger charge is -2.25. The standard InChI is InChI=1S/C22H16N2O4S/c25-16-11-13(9-10-14(16)22-24-15-5-1-4-8-20(15)29-22)23-21(26)19-12-27-17-6-2-3-7-18(17)28-19/h1-11,19,25H,12H2,(H,23,26). The zero-order chi connectivity index (χ0) is 19.8. The molecule has 0 saturated heterocycles. The zero-order valence-corrected chi connectivity index (χ0v) is 16.0. The fourth-order valence-corrected chi connectivity index (χ4v) is 4.15. The fourth-order valence-electron chi connectivity index (χ4n) is 3.15. The summed E-state index contributed by atoms with van der Waals surface area (Å²) >= 11 is 1.51. The van der Waals surface area contributed by atoms with Crippen LogP contribution in [0.1, 0.15) is 0 Å².